The van der Waals surface area contributed by atoms with Gasteiger partial charge in [-0.2, -0.15) is 0 Å². The minimum atomic E-state index is -0.0601. The monoisotopic (exact) mass is 277 g/mol. The summed E-state index contributed by atoms with van der Waals surface area (Å²) in [4.78, 5) is 12.1. The summed E-state index contributed by atoms with van der Waals surface area (Å²) in [6.07, 6.45) is 3.21. The Hall–Kier alpha value is -1.55. The number of benzene rings is 1. The lowest BCUT2D eigenvalue weighted by atomic mass is 10.1. The molecule has 2 rings (SSSR count). The number of ether oxygens (including phenoxy) is 2. The Bertz CT molecular complexity index is 424. The summed E-state index contributed by atoms with van der Waals surface area (Å²) in [7, 11) is 0. The number of hydrogen-bond acceptors (Lipinski definition) is 3. The van der Waals surface area contributed by atoms with E-state index in [2.05, 4.69) is 12.2 Å². The number of hydrogen-bond donors (Lipinski definition) is 1. The third-order valence-electron chi connectivity index (χ3n) is 3.47. The van der Waals surface area contributed by atoms with Gasteiger partial charge < -0.3 is 14.8 Å². The quantitative estimate of drug-likeness (QED) is 0.869. The van der Waals surface area contributed by atoms with Crippen molar-refractivity contribution in [1.29, 1.82) is 0 Å². The lowest BCUT2D eigenvalue weighted by Crippen LogP contribution is -2.40. The fourth-order valence-electron chi connectivity index (χ4n) is 2.30. The summed E-state index contributed by atoms with van der Waals surface area (Å²) in [6, 6.07) is 7.30. The first-order valence-corrected chi connectivity index (χ1v) is 7.36. The second-order valence-electron chi connectivity index (χ2n) is 5.19. The van der Waals surface area contributed by atoms with E-state index in [4.69, 9.17) is 9.47 Å². The van der Waals surface area contributed by atoms with Crippen LogP contribution in [0.25, 0.3) is 0 Å². The zero-order valence-corrected chi connectivity index (χ0v) is 12.2. The standard InChI is InChI=1S/C16H23NO3/c1-3-10-19-14-8-6-13(7-9-14)16(18)17-12(2)15-5-4-11-20-15/h6-9,12,15H,3-5,10-11H2,1-2H3,(H,17,18)/t12-,15-/m0/s1. The van der Waals surface area contributed by atoms with Crippen molar-refractivity contribution in [2.75, 3.05) is 13.2 Å². The SMILES string of the molecule is CCCOc1ccc(C(=O)N[C@@H](C)[C@@H]2CCCO2)cc1. The molecule has 1 aliphatic heterocycles. The summed E-state index contributed by atoms with van der Waals surface area (Å²) in [6.45, 7) is 5.55. The molecule has 0 bridgehead atoms. The van der Waals surface area contributed by atoms with Crippen LogP contribution in [0.4, 0.5) is 0 Å². The van der Waals surface area contributed by atoms with Crippen LogP contribution in [0, 0.1) is 0 Å². The van der Waals surface area contributed by atoms with Crippen LogP contribution in [0.2, 0.25) is 0 Å². The predicted octanol–water partition coefficient (Wildman–Crippen LogP) is 2.77. The molecule has 0 saturated carbocycles. The molecule has 0 unspecified atom stereocenters. The molecule has 20 heavy (non-hydrogen) atoms. The maximum Gasteiger partial charge on any atom is 0.251 e. The first-order chi connectivity index (χ1) is 9.70. The zero-order valence-electron chi connectivity index (χ0n) is 12.2. The van der Waals surface area contributed by atoms with Crippen molar-refractivity contribution in [1.82, 2.24) is 5.32 Å². The molecule has 1 heterocycles. The lowest BCUT2D eigenvalue weighted by Gasteiger charge is -2.20. The first kappa shape index (κ1) is 14.9. The zero-order chi connectivity index (χ0) is 14.4. The van der Waals surface area contributed by atoms with Gasteiger partial charge in [0, 0.05) is 12.2 Å². The minimum Gasteiger partial charge on any atom is -0.494 e. The van der Waals surface area contributed by atoms with Crippen LogP contribution in [-0.4, -0.2) is 31.3 Å². The van der Waals surface area contributed by atoms with Crippen LogP contribution in [-0.2, 0) is 4.74 Å². The van der Waals surface area contributed by atoms with E-state index >= 15 is 0 Å². The second-order valence-corrected chi connectivity index (χ2v) is 5.19. The highest BCUT2D eigenvalue weighted by molar-refractivity contribution is 5.94. The summed E-state index contributed by atoms with van der Waals surface area (Å²) in [5.41, 5.74) is 0.652. The van der Waals surface area contributed by atoms with Crippen molar-refractivity contribution in [2.24, 2.45) is 0 Å². The van der Waals surface area contributed by atoms with Crippen LogP contribution in [0.5, 0.6) is 5.75 Å². The van der Waals surface area contributed by atoms with Gasteiger partial charge in [0.25, 0.3) is 5.91 Å². The Morgan fingerprint density at radius 3 is 2.80 bits per heavy atom. The Labute approximate surface area is 120 Å². The number of nitrogens with one attached hydrogen (secondary N) is 1. The molecule has 1 fully saturated rings. The van der Waals surface area contributed by atoms with E-state index < -0.39 is 0 Å². The van der Waals surface area contributed by atoms with Gasteiger partial charge in [-0.15, -0.1) is 0 Å². The molecule has 0 radical (unpaired) electrons. The molecule has 0 aromatic heterocycles. The van der Waals surface area contributed by atoms with Gasteiger partial charge in [0.2, 0.25) is 0 Å². The Kier molecular flexibility index (Phi) is 5.41. The molecule has 1 aromatic rings. The van der Waals surface area contributed by atoms with Crippen molar-refractivity contribution in [2.45, 2.75) is 45.3 Å². The average Bonchev–Trinajstić information content (AvgIpc) is 3.00. The molecule has 1 N–H and O–H groups in total. The van der Waals surface area contributed by atoms with E-state index in [9.17, 15) is 4.79 Å². The molecule has 4 nitrogen and oxygen atoms in total. The highest BCUT2D eigenvalue weighted by Crippen LogP contribution is 2.16. The lowest BCUT2D eigenvalue weighted by molar-refractivity contribution is 0.0712. The highest BCUT2D eigenvalue weighted by Gasteiger charge is 2.23. The van der Waals surface area contributed by atoms with Gasteiger partial charge in [0.15, 0.2) is 0 Å². The first-order valence-electron chi connectivity index (χ1n) is 7.36. The third-order valence-corrected chi connectivity index (χ3v) is 3.47. The van der Waals surface area contributed by atoms with Crippen LogP contribution >= 0.6 is 0 Å². The van der Waals surface area contributed by atoms with E-state index in [0.717, 1.165) is 31.6 Å². The molecule has 1 saturated heterocycles. The minimum absolute atomic E-state index is 0.0426. The summed E-state index contributed by atoms with van der Waals surface area (Å²) in [5.74, 6) is 0.741. The normalized spacial score (nSPS) is 19.6. The number of rotatable bonds is 6. The van der Waals surface area contributed by atoms with Gasteiger partial charge in [-0.25, -0.2) is 0 Å². The number of carbonyl (C=O) groups is 1. The Balaban J connectivity index is 1.88. The van der Waals surface area contributed by atoms with Gasteiger partial charge in [0.05, 0.1) is 18.8 Å². The smallest absolute Gasteiger partial charge is 0.251 e. The van der Waals surface area contributed by atoms with Crippen LogP contribution in [0.3, 0.4) is 0 Å². The topological polar surface area (TPSA) is 47.6 Å². The molecule has 0 spiro atoms. The van der Waals surface area contributed by atoms with E-state index in [-0.39, 0.29) is 18.1 Å². The highest BCUT2D eigenvalue weighted by atomic mass is 16.5. The number of amides is 1. The Morgan fingerprint density at radius 1 is 1.45 bits per heavy atom. The second kappa shape index (κ2) is 7.29. The van der Waals surface area contributed by atoms with Gasteiger partial charge in [-0.05, 0) is 50.5 Å². The fourth-order valence-corrected chi connectivity index (χ4v) is 2.30. The molecule has 4 heteroatoms. The molecular formula is C16H23NO3. The van der Waals surface area contributed by atoms with Crippen molar-refractivity contribution < 1.29 is 14.3 Å². The summed E-state index contributed by atoms with van der Waals surface area (Å²) >= 11 is 0. The van der Waals surface area contributed by atoms with E-state index in [1.807, 2.05) is 19.1 Å². The molecular weight excluding hydrogens is 254 g/mol. The molecule has 1 aromatic carbocycles. The maximum absolute atomic E-state index is 12.1. The van der Waals surface area contributed by atoms with Crippen molar-refractivity contribution in [3.05, 3.63) is 29.8 Å². The largest absolute Gasteiger partial charge is 0.494 e. The molecule has 2 atom stereocenters. The van der Waals surface area contributed by atoms with Crippen LogP contribution < -0.4 is 10.1 Å². The Morgan fingerprint density at radius 2 is 2.20 bits per heavy atom. The molecule has 110 valence electrons. The maximum atomic E-state index is 12.1. The summed E-state index contributed by atoms with van der Waals surface area (Å²) < 4.78 is 11.1. The fraction of sp³-hybridized carbons (Fsp3) is 0.562. The molecule has 0 aliphatic carbocycles. The summed E-state index contributed by atoms with van der Waals surface area (Å²) in [5, 5.41) is 3.00. The third kappa shape index (κ3) is 3.97. The van der Waals surface area contributed by atoms with E-state index in [0.29, 0.717) is 12.2 Å². The van der Waals surface area contributed by atoms with Gasteiger partial charge in [0.1, 0.15) is 5.75 Å². The molecule has 1 aliphatic rings. The van der Waals surface area contributed by atoms with Crippen molar-refractivity contribution in [3.63, 3.8) is 0 Å². The van der Waals surface area contributed by atoms with Crippen LogP contribution in [0.15, 0.2) is 24.3 Å². The van der Waals surface area contributed by atoms with Crippen molar-refractivity contribution in [3.8, 4) is 5.75 Å². The van der Waals surface area contributed by atoms with Gasteiger partial charge >= 0.3 is 0 Å². The van der Waals surface area contributed by atoms with Gasteiger partial charge in [-0.1, -0.05) is 6.92 Å². The van der Waals surface area contributed by atoms with Crippen molar-refractivity contribution >= 4 is 5.91 Å². The van der Waals surface area contributed by atoms with E-state index in [1.54, 1.807) is 12.1 Å². The average molecular weight is 277 g/mol. The van der Waals surface area contributed by atoms with Gasteiger partial charge in [-0.3, -0.25) is 4.79 Å². The van der Waals surface area contributed by atoms with Crippen LogP contribution in [0.1, 0.15) is 43.5 Å². The number of carbonyl (C=O) groups excluding carboxylic acids is 1. The molecule has 1 amide bonds. The van der Waals surface area contributed by atoms with E-state index in [1.165, 1.54) is 0 Å². The predicted molar refractivity (Wildman–Crippen MR) is 78.1 cm³/mol.